The summed E-state index contributed by atoms with van der Waals surface area (Å²) in [5, 5.41) is 1.14. The molecule has 0 spiro atoms. The third-order valence-electron chi connectivity index (χ3n) is 14.2. The summed E-state index contributed by atoms with van der Waals surface area (Å²) in [6.45, 7) is 6.38. The van der Waals surface area contributed by atoms with E-state index < -0.39 is 10.8 Å². The van der Waals surface area contributed by atoms with Crippen molar-refractivity contribution in [2.75, 3.05) is 45.9 Å². The SMILES string of the molecule is NC(=O)C(c1ccccc1)(c1ccccc1)[C@@H]1CCN(CCc2ccc3c(c2)CCO3)C1.NC(=O)C(c1ccccc1)(c1ccccc1)[C@@H]1CCN(CCc2ccc3occc3c2)C1. The van der Waals surface area contributed by atoms with E-state index in [1.54, 1.807) is 6.26 Å². The fraction of sp³-hybridized carbons (Fsp3) is 0.286. The summed E-state index contributed by atoms with van der Waals surface area (Å²) in [5.74, 6) is 0.763. The molecule has 8 nitrogen and oxygen atoms in total. The average Bonchev–Trinajstić information content (AvgIpc) is 4.18. The lowest BCUT2D eigenvalue weighted by Gasteiger charge is -2.37. The zero-order chi connectivity index (χ0) is 43.9. The van der Waals surface area contributed by atoms with Crippen LogP contribution in [0.15, 0.2) is 174 Å². The van der Waals surface area contributed by atoms with Crippen LogP contribution in [-0.4, -0.2) is 67.5 Å². The monoisotopic (exact) mass is 850 g/mol. The Hall–Kier alpha value is -6.48. The fourth-order valence-electron chi connectivity index (χ4n) is 11.0. The molecule has 64 heavy (non-hydrogen) atoms. The van der Waals surface area contributed by atoms with E-state index in [1.807, 2.05) is 133 Å². The molecule has 0 radical (unpaired) electrons. The van der Waals surface area contributed by atoms with Crippen molar-refractivity contribution in [3.8, 4) is 5.75 Å². The number of primary amides is 2. The van der Waals surface area contributed by atoms with Gasteiger partial charge in [0, 0.05) is 38.0 Å². The van der Waals surface area contributed by atoms with Crippen LogP contribution in [-0.2, 0) is 39.7 Å². The molecule has 7 aromatic rings. The summed E-state index contributed by atoms with van der Waals surface area (Å²) in [7, 11) is 0. The van der Waals surface area contributed by atoms with Crippen molar-refractivity contribution in [1.82, 2.24) is 9.80 Å². The number of rotatable bonds is 14. The summed E-state index contributed by atoms with van der Waals surface area (Å²) in [5.41, 5.74) is 19.6. The topological polar surface area (TPSA) is 115 Å². The number of fused-ring (bicyclic) bond motifs is 2. The van der Waals surface area contributed by atoms with Crippen LogP contribution in [0.1, 0.15) is 51.8 Å². The van der Waals surface area contributed by atoms with E-state index in [0.29, 0.717) is 0 Å². The van der Waals surface area contributed by atoms with Gasteiger partial charge in [-0.25, -0.2) is 0 Å². The van der Waals surface area contributed by atoms with Gasteiger partial charge >= 0.3 is 0 Å². The van der Waals surface area contributed by atoms with Gasteiger partial charge in [-0.1, -0.05) is 140 Å². The molecule has 10 rings (SSSR count). The zero-order valence-corrected chi connectivity index (χ0v) is 36.5. The van der Waals surface area contributed by atoms with E-state index in [1.165, 1.54) is 16.7 Å². The van der Waals surface area contributed by atoms with Gasteiger partial charge in [0.05, 0.1) is 12.9 Å². The number of nitrogens with two attached hydrogens (primary N) is 2. The largest absolute Gasteiger partial charge is 0.493 e. The van der Waals surface area contributed by atoms with Crippen molar-refractivity contribution in [1.29, 1.82) is 0 Å². The van der Waals surface area contributed by atoms with Gasteiger partial charge in [-0.15, -0.1) is 0 Å². The Kier molecular flexibility index (Phi) is 12.8. The van der Waals surface area contributed by atoms with Crippen molar-refractivity contribution in [2.45, 2.75) is 42.9 Å². The minimum atomic E-state index is -0.826. The second-order valence-electron chi connectivity index (χ2n) is 17.7. The number of furan rings is 1. The second kappa shape index (κ2) is 19.1. The molecule has 4 N–H and O–H groups in total. The highest BCUT2D eigenvalue weighted by atomic mass is 16.5. The normalized spacial score (nSPS) is 17.7. The second-order valence-corrected chi connectivity index (χ2v) is 17.7. The van der Waals surface area contributed by atoms with Gasteiger partial charge in [0.1, 0.15) is 22.2 Å². The lowest BCUT2D eigenvalue weighted by molar-refractivity contribution is -0.124. The molecule has 2 fully saturated rings. The Morgan fingerprint density at radius 3 is 1.48 bits per heavy atom. The third-order valence-corrected chi connectivity index (χ3v) is 14.2. The lowest BCUT2D eigenvalue weighted by Crippen LogP contribution is -2.49. The standard InChI is InChI=1S/C28H30N2O2.C28H28N2O2/c2*29-27(31)28(23-7-3-1-4-8-23,24-9-5-2-6-10-24)25-14-17-30(20-25)16-13-21-11-12-26-22(19-21)15-18-32-26/h1-12,19,25H,13-18,20H2,(H2,29,31);1-12,15,18-19,25H,13-14,16-17,20H2,(H2,29,31)/t2*25-/m11/s1. The first-order valence-corrected chi connectivity index (χ1v) is 22.8. The Bertz CT molecular complexity index is 2570. The fourth-order valence-corrected chi connectivity index (χ4v) is 11.0. The maximum Gasteiger partial charge on any atom is 0.232 e. The molecule has 3 aliphatic heterocycles. The van der Waals surface area contributed by atoms with Crippen LogP contribution in [0.25, 0.3) is 11.0 Å². The van der Waals surface area contributed by atoms with Crippen molar-refractivity contribution >= 4 is 22.8 Å². The molecule has 2 saturated heterocycles. The molecule has 8 heteroatoms. The molecule has 1 aromatic heterocycles. The van der Waals surface area contributed by atoms with Gasteiger partial charge in [0.25, 0.3) is 0 Å². The summed E-state index contributed by atoms with van der Waals surface area (Å²) in [4.78, 5) is 31.3. The first-order valence-electron chi connectivity index (χ1n) is 22.8. The highest BCUT2D eigenvalue weighted by Crippen LogP contribution is 2.45. The maximum atomic E-state index is 13.2. The molecule has 2 atom stereocenters. The Morgan fingerprint density at radius 2 is 1.02 bits per heavy atom. The van der Waals surface area contributed by atoms with Crippen molar-refractivity contribution in [3.05, 3.63) is 209 Å². The molecule has 0 bridgehead atoms. The van der Waals surface area contributed by atoms with Crippen LogP contribution in [0, 0.1) is 11.8 Å². The van der Waals surface area contributed by atoms with Gasteiger partial charge in [0.2, 0.25) is 11.8 Å². The van der Waals surface area contributed by atoms with Crippen LogP contribution < -0.4 is 16.2 Å². The van der Waals surface area contributed by atoms with Gasteiger partial charge in [-0.05, 0) is 114 Å². The molecular weight excluding hydrogens is 793 g/mol. The minimum absolute atomic E-state index is 0.126. The number of ether oxygens (including phenoxy) is 1. The van der Waals surface area contributed by atoms with E-state index in [9.17, 15) is 9.59 Å². The number of likely N-dealkylation sites (tertiary alicyclic amines) is 2. The summed E-state index contributed by atoms with van der Waals surface area (Å²) >= 11 is 0. The van der Waals surface area contributed by atoms with E-state index in [0.717, 1.165) is 117 Å². The van der Waals surface area contributed by atoms with Crippen LogP contribution >= 0.6 is 0 Å². The van der Waals surface area contributed by atoms with Crippen LogP contribution in [0.4, 0.5) is 0 Å². The number of hydrogen-bond donors (Lipinski definition) is 2. The number of benzene rings is 6. The molecule has 3 aliphatic rings. The lowest BCUT2D eigenvalue weighted by atomic mass is 9.64. The van der Waals surface area contributed by atoms with Crippen molar-refractivity contribution in [3.63, 3.8) is 0 Å². The van der Waals surface area contributed by atoms with Gasteiger partial charge in [0.15, 0.2) is 0 Å². The van der Waals surface area contributed by atoms with Crippen molar-refractivity contribution < 1.29 is 18.7 Å². The first-order chi connectivity index (χ1) is 31.3. The predicted octanol–water partition coefficient (Wildman–Crippen LogP) is 8.73. The van der Waals surface area contributed by atoms with E-state index >= 15 is 0 Å². The quantitative estimate of drug-likeness (QED) is 0.113. The zero-order valence-electron chi connectivity index (χ0n) is 36.5. The maximum absolute atomic E-state index is 13.2. The average molecular weight is 851 g/mol. The molecule has 0 unspecified atom stereocenters. The molecule has 0 saturated carbocycles. The Balaban J connectivity index is 0.000000162. The Morgan fingerprint density at radius 1 is 0.562 bits per heavy atom. The van der Waals surface area contributed by atoms with E-state index in [4.69, 9.17) is 20.6 Å². The molecule has 326 valence electrons. The highest BCUT2D eigenvalue weighted by Gasteiger charge is 2.50. The third kappa shape index (κ3) is 8.48. The molecule has 6 aromatic carbocycles. The summed E-state index contributed by atoms with van der Waals surface area (Å²) in [6, 6.07) is 55.3. The molecule has 2 amide bonds. The molecule has 0 aliphatic carbocycles. The van der Waals surface area contributed by atoms with Crippen LogP contribution in [0.2, 0.25) is 0 Å². The number of amides is 2. The smallest absolute Gasteiger partial charge is 0.232 e. The van der Waals surface area contributed by atoms with Gasteiger partial charge in [-0.3, -0.25) is 9.59 Å². The van der Waals surface area contributed by atoms with Gasteiger partial charge in [-0.2, -0.15) is 0 Å². The first kappa shape index (κ1) is 42.8. The number of carbonyl (C=O) groups is 2. The summed E-state index contributed by atoms with van der Waals surface area (Å²) in [6.07, 6.45) is 6.59. The molecule has 4 heterocycles. The highest BCUT2D eigenvalue weighted by molar-refractivity contribution is 5.92. The molecular formula is C56H58N4O4. The Labute approximate surface area is 376 Å². The van der Waals surface area contributed by atoms with Crippen LogP contribution in [0.3, 0.4) is 0 Å². The van der Waals surface area contributed by atoms with E-state index in [-0.39, 0.29) is 23.7 Å². The minimum Gasteiger partial charge on any atom is -0.493 e. The van der Waals surface area contributed by atoms with E-state index in [2.05, 4.69) is 40.1 Å². The van der Waals surface area contributed by atoms with Crippen LogP contribution in [0.5, 0.6) is 5.75 Å². The van der Waals surface area contributed by atoms with Gasteiger partial charge < -0.3 is 30.4 Å². The number of hydrogen-bond acceptors (Lipinski definition) is 6. The summed E-state index contributed by atoms with van der Waals surface area (Å²) < 4.78 is 11.1. The predicted molar refractivity (Wildman–Crippen MR) is 254 cm³/mol. The number of carbonyl (C=O) groups excluding carboxylic acids is 2. The van der Waals surface area contributed by atoms with Crippen molar-refractivity contribution in [2.24, 2.45) is 23.3 Å². The number of nitrogens with zero attached hydrogens (tertiary/aromatic N) is 2.